The Balaban J connectivity index is 1.63. The van der Waals surface area contributed by atoms with Crippen LogP contribution in [0.25, 0.3) is 0 Å². The van der Waals surface area contributed by atoms with Gasteiger partial charge in [0.2, 0.25) is 0 Å². The van der Waals surface area contributed by atoms with Gasteiger partial charge in [-0.25, -0.2) is 0 Å². The molecule has 0 spiro atoms. The first-order chi connectivity index (χ1) is 10.9. The van der Waals surface area contributed by atoms with Crippen molar-refractivity contribution in [2.24, 2.45) is 0 Å². The SMILES string of the molecule is C=CCn1c(SC2CCCc3ccccc32)nnc1C1CC1. The molecule has 1 heterocycles. The molecule has 1 fully saturated rings. The summed E-state index contributed by atoms with van der Waals surface area (Å²) in [6.07, 6.45) is 8.16. The number of aromatic nitrogens is 3. The number of rotatable bonds is 5. The Morgan fingerprint density at radius 2 is 2.09 bits per heavy atom. The number of thioether (sulfide) groups is 1. The first kappa shape index (κ1) is 14.1. The maximum absolute atomic E-state index is 4.49. The van der Waals surface area contributed by atoms with Crippen LogP contribution in [0.15, 0.2) is 42.1 Å². The molecule has 4 heteroatoms. The molecule has 1 aromatic carbocycles. The van der Waals surface area contributed by atoms with Crippen LogP contribution in [0, 0.1) is 0 Å². The number of hydrogen-bond donors (Lipinski definition) is 0. The van der Waals surface area contributed by atoms with Gasteiger partial charge in [0.25, 0.3) is 0 Å². The highest BCUT2D eigenvalue weighted by molar-refractivity contribution is 7.99. The Morgan fingerprint density at radius 1 is 1.23 bits per heavy atom. The standard InChI is InChI=1S/C18H21N3S/c1-2-12-21-17(14-10-11-14)19-20-18(21)22-16-9-5-7-13-6-3-4-8-15(13)16/h2-4,6,8,14,16H,1,5,7,9-12H2. The first-order valence-corrected chi connectivity index (χ1v) is 9.03. The number of hydrogen-bond acceptors (Lipinski definition) is 3. The van der Waals surface area contributed by atoms with Crippen LogP contribution in [-0.4, -0.2) is 14.8 Å². The molecule has 3 nitrogen and oxygen atoms in total. The largest absolute Gasteiger partial charge is 0.302 e. The van der Waals surface area contributed by atoms with Crippen LogP contribution in [0.1, 0.15) is 53.8 Å². The second-order valence-electron chi connectivity index (χ2n) is 6.21. The second-order valence-corrected chi connectivity index (χ2v) is 7.38. The highest BCUT2D eigenvalue weighted by atomic mass is 32.2. The number of nitrogens with zero attached hydrogens (tertiary/aromatic N) is 3. The summed E-state index contributed by atoms with van der Waals surface area (Å²) in [4.78, 5) is 0. The molecule has 0 saturated heterocycles. The summed E-state index contributed by atoms with van der Waals surface area (Å²) < 4.78 is 2.27. The van der Waals surface area contributed by atoms with Crippen LogP contribution >= 0.6 is 11.8 Å². The Bertz CT molecular complexity index is 687. The quantitative estimate of drug-likeness (QED) is 0.761. The van der Waals surface area contributed by atoms with Gasteiger partial charge >= 0.3 is 0 Å². The van der Waals surface area contributed by atoms with Gasteiger partial charge in [-0.1, -0.05) is 42.1 Å². The summed E-state index contributed by atoms with van der Waals surface area (Å²) in [6.45, 7) is 4.71. The minimum absolute atomic E-state index is 0.504. The number of fused-ring (bicyclic) bond motifs is 1. The number of benzene rings is 1. The zero-order valence-corrected chi connectivity index (χ0v) is 13.6. The summed E-state index contributed by atoms with van der Waals surface area (Å²) in [5.74, 6) is 1.78. The highest BCUT2D eigenvalue weighted by Crippen LogP contribution is 2.45. The predicted octanol–water partition coefficient (Wildman–Crippen LogP) is 4.51. The minimum atomic E-state index is 0.504. The van der Waals surface area contributed by atoms with Crippen molar-refractivity contribution in [3.63, 3.8) is 0 Å². The smallest absolute Gasteiger partial charge is 0.192 e. The van der Waals surface area contributed by atoms with Gasteiger partial charge in [-0.3, -0.25) is 0 Å². The molecular weight excluding hydrogens is 290 g/mol. The maximum atomic E-state index is 4.49. The fraction of sp³-hybridized carbons (Fsp3) is 0.444. The molecule has 2 aromatic rings. The summed E-state index contributed by atoms with van der Waals surface area (Å²) in [5.41, 5.74) is 2.99. The predicted molar refractivity (Wildman–Crippen MR) is 90.2 cm³/mol. The molecule has 0 bridgehead atoms. The second kappa shape index (κ2) is 5.92. The van der Waals surface area contributed by atoms with Gasteiger partial charge in [-0.2, -0.15) is 0 Å². The average Bonchev–Trinajstić information content (AvgIpc) is 3.32. The van der Waals surface area contributed by atoms with Crippen molar-refractivity contribution in [1.82, 2.24) is 14.8 Å². The van der Waals surface area contributed by atoms with Crippen molar-refractivity contribution >= 4 is 11.8 Å². The summed E-state index contributed by atoms with van der Waals surface area (Å²) >= 11 is 1.88. The maximum Gasteiger partial charge on any atom is 0.192 e. The third-order valence-electron chi connectivity index (χ3n) is 4.56. The van der Waals surface area contributed by atoms with E-state index >= 15 is 0 Å². The molecule has 0 aliphatic heterocycles. The van der Waals surface area contributed by atoms with E-state index in [-0.39, 0.29) is 0 Å². The van der Waals surface area contributed by atoms with Crippen molar-refractivity contribution in [2.75, 3.05) is 0 Å². The fourth-order valence-electron chi connectivity index (χ4n) is 3.29. The monoisotopic (exact) mass is 311 g/mol. The third kappa shape index (κ3) is 2.60. The highest BCUT2D eigenvalue weighted by Gasteiger charge is 2.31. The van der Waals surface area contributed by atoms with Crippen molar-refractivity contribution in [1.29, 1.82) is 0 Å². The third-order valence-corrected chi connectivity index (χ3v) is 5.85. The molecule has 0 N–H and O–H groups in total. The number of allylic oxidation sites excluding steroid dienone is 1. The van der Waals surface area contributed by atoms with Crippen molar-refractivity contribution < 1.29 is 0 Å². The average molecular weight is 311 g/mol. The summed E-state index contributed by atoms with van der Waals surface area (Å²) in [7, 11) is 0. The Morgan fingerprint density at radius 3 is 2.91 bits per heavy atom. The van der Waals surface area contributed by atoms with Gasteiger partial charge in [0.1, 0.15) is 5.82 Å². The molecule has 2 aliphatic rings. The van der Waals surface area contributed by atoms with E-state index in [4.69, 9.17) is 0 Å². The van der Waals surface area contributed by atoms with Crippen LogP contribution in [0.4, 0.5) is 0 Å². The molecular formula is C18H21N3S. The minimum Gasteiger partial charge on any atom is -0.302 e. The van der Waals surface area contributed by atoms with E-state index in [1.165, 1.54) is 43.2 Å². The van der Waals surface area contributed by atoms with E-state index in [1.807, 2.05) is 17.8 Å². The van der Waals surface area contributed by atoms with Crippen LogP contribution < -0.4 is 0 Å². The Hall–Kier alpha value is -1.55. The molecule has 1 aromatic heterocycles. The lowest BCUT2D eigenvalue weighted by atomic mass is 9.91. The summed E-state index contributed by atoms with van der Waals surface area (Å²) in [6, 6.07) is 8.85. The molecule has 4 rings (SSSR count). The van der Waals surface area contributed by atoms with E-state index in [0.29, 0.717) is 11.2 Å². The Kier molecular flexibility index (Phi) is 3.78. The Labute approximate surface area is 135 Å². The molecule has 2 aliphatic carbocycles. The van der Waals surface area contributed by atoms with Crippen molar-refractivity contribution in [3.05, 3.63) is 53.9 Å². The van der Waals surface area contributed by atoms with E-state index < -0.39 is 0 Å². The number of aryl methyl sites for hydroxylation is 1. The molecule has 1 saturated carbocycles. The molecule has 0 radical (unpaired) electrons. The molecule has 0 amide bonds. The molecule has 22 heavy (non-hydrogen) atoms. The van der Waals surface area contributed by atoms with Crippen molar-refractivity contribution in [2.45, 2.75) is 55.0 Å². The van der Waals surface area contributed by atoms with Crippen LogP contribution in [0.3, 0.4) is 0 Å². The van der Waals surface area contributed by atoms with Gasteiger partial charge in [0.15, 0.2) is 5.16 Å². The first-order valence-electron chi connectivity index (χ1n) is 8.15. The normalized spacial score (nSPS) is 20.6. The lowest BCUT2D eigenvalue weighted by Gasteiger charge is -2.24. The summed E-state index contributed by atoms with van der Waals surface area (Å²) in [5, 5.41) is 10.5. The van der Waals surface area contributed by atoms with E-state index in [2.05, 4.69) is 45.6 Å². The topological polar surface area (TPSA) is 30.7 Å². The molecule has 114 valence electrons. The van der Waals surface area contributed by atoms with Crippen LogP contribution in [0.2, 0.25) is 0 Å². The van der Waals surface area contributed by atoms with Gasteiger partial charge in [-0.15, -0.1) is 16.8 Å². The zero-order valence-electron chi connectivity index (χ0n) is 12.7. The van der Waals surface area contributed by atoms with Crippen molar-refractivity contribution in [3.8, 4) is 0 Å². The zero-order chi connectivity index (χ0) is 14.9. The van der Waals surface area contributed by atoms with Gasteiger partial charge in [0.05, 0.1) is 0 Å². The molecule has 1 unspecified atom stereocenters. The lowest BCUT2D eigenvalue weighted by molar-refractivity contribution is 0.656. The van der Waals surface area contributed by atoms with Gasteiger partial charge in [-0.05, 0) is 43.2 Å². The fourth-order valence-corrected chi connectivity index (χ4v) is 4.57. The van der Waals surface area contributed by atoms with E-state index in [0.717, 1.165) is 17.5 Å². The molecule has 1 atom stereocenters. The van der Waals surface area contributed by atoms with E-state index in [1.54, 1.807) is 0 Å². The van der Waals surface area contributed by atoms with Crippen LogP contribution in [-0.2, 0) is 13.0 Å². The van der Waals surface area contributed by atoms with Gasteiger partial charge in [0, 0.05) is 17.7 Å². The van der Waals surface area contributed by atoms with Gasteiger partial charge < -0.3 is 4.57 Å². The lowest BCUT2D eigenvalue weighted by Crippen LogP contribution is -2.09. The van der Waals surface area contributed by atoms with Crippen LogP contribution in [0.5, 0.6) is 0 Å². The van der Waals surface area contributed by atoms with E-state index in [9.17, 15) is 0 Å².